The van der Waals surface area contributed by atoms with E-state index in [0.717, 1.165) is 42.0 Å². The first kappa shape index (κ1) is 20.3. The number of benzene rings is 1. The van der Waals surface area contributed by atoms with E-state index in [1.54, 1.807) is 12.3 Å². The number of anilines is 2. The molecule has 0 amide bonds. The first-order chi connectivity index (χ1) is 14.3. The van der Waals surface area contributed by atoms with E-state index in [1.807, 2.05) is 30.3 Å². The third-order valence-electron chi connectivity index (χ3n) is 5.28. The molecule has 0 unspecified atom stereocenters. The Kier molecular flexibility index (Phi) is 5.44. The van der Waals surface area contributed by atoms with E-state index in [2.05, 4.69) is 20.6 Å². The maximum Gasteiger partial charge on any atom is 0.433 e. The van der Waals surface area contributed by atoms with Gasteiger partial charge in [-0.05, 0) is 61.3 Å². The summed E-state index contributed by atoms with van der Waals surface area (Å²) < 4.78 is 37.8. The van der Waals surface area contributed by atoms with E-state index in [9.17, 15) is 18.3 Å². The molecule has 2 aromatic heterocycles. The zero-order valence-electron chi connectivity index (χ0n) is 16.1. The summed E-state index contributed by atoms with van der Waals surface area (Å²) in [5, 5.41) is 17.0. The average molecular weight is 414 g/mol. The molecule has 0 spiro atoms. The summed E-state index contributed by atoms with van der Waals surface area (Å²) in [5.41, 5.74) is 1.47. The molecule has 1 fully saturated rings. The number of nitrogens with one attached hydrogen (secondary N) is 2. The van der Waals surface area contributed by atoms with E-state index in [4.69, 9.17) is 0 Å². The molecule has 3 N–H and O–H groups in total. The van der Waals surface area contributed by atoms with Gasteiger partial charge < -0.3 is 15.7 Å². The molecule has 3 heterocycles. The van der Waals surface area contributed by atoms with Crippen LogP contribution in [-0.2, 0) is 11.8 Å². The SMILES string of the molecule is OC1(c2ccc(-c3ccc(Nc4ccc(C(F)(F)F)nc4)nc3)cc2)CCNCC1. The smallest absolute Gasteiger partial charge is 0.385 e. The number of aromatic nitrogens is 2. The second-order valence-corrected chi connectivity index (χ2v) is 7.35. The van der Waals surface area contributed by atoms with E-state index in [0.29, 0.717) is 24.3 Å². The fraction of sp³-hybridized carbons (Fsp3) is 0.273. The highest BCUT2D eigenvalue weighted by Crippen LogP contribution is 2.32. The summed E-state index contributed by atoms with van der Waals surface area (Å²) in [6.45, 7) is 1.59. The van der Waals surface area contributed by atoms with Crippen LogP contribution in [-0.4, -0.2) is 28.2 Å². The van der Waals surface area contributed by atoms with Crippen molar-refractivity contribution in [2.24, 2.45) is 0 Å². The monoisotopic (exact) mass is 414 g/mol. The van der Waals surface area contributed by atoms with Crippen LogP contribution in [0.25, 0.3) is 11.1 Å². The van der Waals surface area contributed by atoms with Crippen LogP contribution in [0, 0.1) is 0 Å². The molecular formula is C22H21F3N4O. The molecule has 0 saturated carbocycles. The van der Waals surface area contributed by atoms with Crippen molar-refractivity contribution >= 4 is 11.5 Å². The zero-order chi connectivity index (χ0) is 21.2. The Morgan fingerprint density at radius 3 is 2.13 bits per heavy atom. The van der Waals surface area contributed by atoms with E-state index in [-0.39, 0.29) is 0 Å². The minimum Gasteiger partial charge on any atom is -0.385 e. The van der Waals surface area contributed by atoms with Gasteiger partial charge in [-0.2, -0.15) is 13.2 Å². The lowest BCUT2D eigenvalue weighted by molar-refractivity contribution is -0.141. The van der Waals surface area contributed by atoms with Crippen molar-refractivity contribution in [2.45, 2.75) is 24.6 Å². The van der Waals surface area contributed by atoms with Gasteiger partial charge >= 0.3 is 6.18 Å². The fourth-order valence-corrected chi connectivity index (χ4v) is 3.52. The number of halogens is 3. The summed E-state index contributed by atoms with van der Waals surface area (Å²) in [7, 11) is 0. The topological polar surface area (TPSA) is 70.1 Å². The highest BCUT2D eigenvalue weighted by atomic mass is 19.4. The number of pyridine rings is 2. The van der Waals surface area contributed by atoms with E-state index < -0.39 is 17.5 Å². The Morgan fingerprint density at radius 1 is 0.867 bits per heavy atom. The maximum atomic E-state index is 12.6. The molecule has 0 aliphatic carbocycles. The molecule has 8 heteroatoms. The highest BCUT2D eigenvalue weighted by Gasteiger charge is 2.32. The molecule has 30 heavy (non-hydrogen) atoms. The molecule has 1 aliphatic heterocycles. The van der Waals surface area contributed by atoms with Gasteiger partial charge in [0.25, 0.3) is 0 Å². The molecule has 1 saturated heterocycles. The Bertz CT molecular complexity index is 981. The normalized spacial score (nSPS) is 16.3. The van der Waals surface area contributed by atoms with Gasteiger partial charge in [0.1, 0.15) is 11.5 Å². The van der Waals surface area contributed by atoms with Gasteiger partial charge in [-0.1, -0.05) is 24.3 Å². The van der Waals surface area contributed by atoms with Crippen LogP contribution in [0.5, 0.6) is 0 Å². The van der Waals surface area contributed by atoms with E-state index >= 15 is 0 Å². The number of alkyl halides is 3. The number of hydrogen-bond acceptors (Lipinski definition) is 5. The van der Waals surface area contributed by atoms with Crippen LogP contribution in [0.1, 0.15) is 24.1 Å². The zero-order valence-corrected chi connectivity index (χ0v) is 16.1. The number of hydrogen-bond donors (Lipinski definition) is 3. The molecule has 0 radical (unpaired) electrons. The van der Waals surface area contributed by atoms with Crippen molar-refractivity contribution in [3.63, 3.8) is 0 Å². The van der Waals surface area contributed by atoms with Crippen molar-refractivity contribution in [1.82, 2.24) is 15.3 Å². The summed E-state index contributed by atoms with van der Waals surface area (Å²) in [6.07, 6.45) is -0.269. The summed E-state index contributed by atoms with van der Waals surface area (Å²) in [6, 6.07) is 13.7. The maximum absolute atomic E-state index is 12.6. The Morgan fingerprint density at radius 2 is 1.57 bits per heavy atom. The van der Waals surface area contributed by atoms with Crippen molar-refractivity contribution in [2.75, 3.05) is 18.4 Å². The lowest BCUT2D eigenvalue weighted by atomic mass is 9.84. The molecule has 5 nitrogen and oxygen atoms in total. The van der Waals surface area contributed by atoms with Crippen LogP contribution in [0.3, 0.4) is 0 Å². The van der Waals surface area contributed by atoms with Gasteiger partial charge in [-0.15, -0.1) is 0 Å². The van der Waals surface area contributed by atoms with Gasteiger partial charge in [0.05, 0.1) is 17.5 Å². The van der Waals surface area contributed by atoms with Gasteiger partial charge in [0.2, 0.25) is 0 Å². The molecule has 1 aromatic carbocycles. The minimum atomic E-state index is -4.46. The third-order valence-corrected chi connectivity index (χ3v) is 5.28. The van der Waals surface area contributed by atoms with Gasteiger partial charge in [-0.25, -0.2) is 9.97 Å². The van der Waals surface area contributed by atoms with Crippen molar-refractivity contribution in [3.05, 3.63) is 72.2 Å². The number of aliphatic hydroxyl groups is 1. The first-order valence-electron chi connectivity index (χ1n) is 9.64. The van der Waals surface area contributed by atoms with Crippen LogP contribution >= 0.6 is 0 Å². The number of nitrogens with zero attached hydrogens (tertiary/aromatic N) is 2. The second kappa shape index (κ2) is 8.04. The highest BCUT2D eigenvalue weighted by molar-refractivity contribution is 5.65. The molecule has 3 aromatic rings. The third kappa shape index (κ3) is 4.44. The fourth-order valence-electron chi connectivity index (χ4n) is 3.52. The van der Waals surface area contributed by atoms with Gasteiger partial charge in [0, 0.05) is 11.8 Å². The molecule has 0 atom stereocenters. The molecule has 156 valence electrons. The van der Waals surface area contributed by atoms with E-state index in [1.165, 1.54) is 6.07 Å². The molecule has 0 bridgehead atoms. The summed E-state index contributed by atoms with van der Waals surface area (Å²) >= 11 is 0. The molecule has 4 rings (SSSR count). The summed E-state index contributed by atoms with van der Waals surface area (Å²) in [4.78, 5) is 7.75. The predicted molar refractivity (Wildman–Crippen MR) is 108 cm³/mol. The number of piperidine rings is 1. The van der Waals surface area contributed by atoms with Crippen LogP contribution in [0.4, 0.5) is 24.7 Å². The van der Waals surface area contributed by atoms with Gasteiger partial charge in [-0.3, -0.25) is 0 Å². The molecular weight excluding hydrogens is 393 g/mol. The van der Waals surface area contributed by atoms with Crippen LogP contribution in [0.15, 0.2) is 60.9 Å². The van der Waals surface area contributed by atoms with Crippen LogP contribution in [0.2, 0.25) is 0 Å². The largest absolute Gasteiger partial charge is 0.433 e. The average Bonchev–Trinajstić information content (AvgIpc) is 2.75. The van der Waals surface area contributed by atoms with Crippen LogP contribution < -0.4 is 10.6 Å². The lowest BCUT2D eigenvalue weighted by Crippen LogP contribution is -2.39. The standard InChI is InChI=1S/C22H21F3N4O/c23-22(24,25)19-7-6-18(14-27-19)29-20-8-3-16(13-28-20)15-1-4-17(5-2-15)21(30)9-11-26-12-10-21/h1-8,13-14,26,30H,9-12H2,(H,28,29). The second-order valence-electron chi connectivity index (χ2n) is 7.35. The quantitative estimate of drug-likeness (QED) is 0.587. The first-order valence-corrected chi connectivity index (χ1v) is 9.64. The minimum absolute atomic E-state index is 0.419. The Labute approximate surface area is 172 Å². The Balaban J connectivity index is 1.44. The molecule has 1 aliphatic rings. The number of rotatable bonds is 4. The van der Waals surface area contributed by atoms with Crippen molar-refractivity contribution in [1.29, 1.82) is 0 Å². The summed E-state index contributed by atoms with van der Waals surface area (Å²) in [5.74, 6) is 0.501. The predicted octanol–water partition coefficient (Wildman–Crippen LogP) is 4.48. The van der Waals surface area contributed by atoms with Gasteiger partial charge in [0.15, 0.2) is 0 Å². The van der Waals surface area contributed by atoms with Crippen molar-refractivity contribution < 1.29 is 18.3 Å². The van der Waals surface area contributed by atoms with Crippen molar-refractivity contribution in [3.8, 4) is 11.1 Å². The Hall–Kier alpha value is -2.97. The lowest BCUT2D eigenvalue weighted by Gasteiger charge is -2.33.